The number of alkyl halides is 2. The van der Waals surface area contributed by atoms with E-state index in [9.17, 15) is 18.4 Å². The maximum atomic E-state index is 13.4. The van der Waals surface area contributed by atoms with Gasteiger partial charge in [-0.2, -0.15) is 19.0 Å². The summed E-state index contributed by atoms with van der Waals surface area (Å²) in [6.45, 7) is 5.00. The van der Waals surface area contributed by atoms with Crippen molar-refractivity contribution in [2.45, 2.75) is 32.9 Å². The molecule has 3 aromatic heterocycles. The number of nitrogens with one attached hydrogen (secondary N) is 1. The number of hydrogen-bond acceptors (Lipinski definition) is 10. The zero-order chi connectivity index (χ0) is 33.8. The molecule has 2 aliphatic heterocycles. The standard InChI is InChI=1S/C32H38ClF2N9O4/c1-32(30(46)47-2)6-10-40(11-7-32)12-13-41-14-16-42(17-15-41)27(45)21-43-20-25(38-24-19-37-44-9-3-8-36-29(24)44)28(39-43)23-18-22(33)4-5-26(23)48-31(34)35/h3-5,8-9,18-20,31,38H,6-7,10-17,21H2,1-2H3. The van der Waals surface area contributed by atoms with Crippen LogP contribution >= 0.6 is 11.6 Å². The molecule has 1 N–H and O–H groups in total. The number of amides is 1. The Morgan fingerprint density at radius 2 is 1.79 bits per heavy atom. The van der Waals surface area contributed by atoms with E-state index in [1.54, 1.807) is 35.4 Å². The first-order valence-electron chi connectivity index (χ1n) is 15.8. The highest BCUT2D eigenvalue weighted by Gasteiger charge is 2.38. The lowest BCUT2D eigenvalue weighted by Crippen LogP contribution is -2.51. The van der Waals surface area contributed by atoms with Crippen LogP contribution in [0.5, 0.6) is 5.75 Å². The number of benzene rings is 1. The summed E-state index contributed by atoms with van der Waals surface area (Å²) in [5, 5.41) is 12.5. The van der Waals surface area contributed by atoms with Crippen LogP contribution in [0.15, 0.2) is 49.1 Å². The molecule has 256 valence electrons. The van der Waals surface area contributed by atoms with Crippen LogP contribution in [0, 0.1) is 5.41 Å². The molecule has 0 spiro atoms. The largest absolute Gasteiger partial charge is 0.469 e. The molecule has 0 atom stereocenters. The fourth-order valence-corrected chi connectivity index (χ4v) is 6.37. The highest BCUT2D eigenvalue weighted by atomic mass is 35.5. The Kier molecular flexibility index (Phi) is 10.1. The number of nitrogens with zero attached hydrogens (tertiary/aromatic N) is 8. The third-order valence-corrected chi connectivity index (χ3v) is 9.35. The highest BCUT2D eigenvalue weighted by molar-refractivity contribution is 6.31. The van der Waals surface area contributed by atoms with E-state index in [0.29, 0.717) is 35.1 Å². The topological polar surface area (TPSA) is 122 Å². The minimum Gasteiger partial charge on any atom is -0.469 e. The molecule has 6 rings (SSSR count). The van der Waals surface area contributed by atoms with E-state index in [-0.39, 0.29) is 35.4 Å². The Morgan fingerprint density at radius 3 is 2.50 bits per heavy atom. The van der Waals surface area contributed by atoms with Crippen molar-refractivity contribution in [3.63, 3.8) is 0 Å². The number of hydrogen-bond donors (Lipinski definition) is 1. The smallest absolute Gasteiger partial charge is 0.387 e. The number of anilines is 2. The van der Waals surface area contributed by atoms with Crippen molar-refractivity contribution in [3.8, 4) is 17.0 Å². The van der Waals surface area contributed by atoms with Crippen LogP contribution in [-0.2, 0) is 20.9 Å². The predicted octanol–water partition coefficient (Wildman–Crippen LogP) is 4.01. The number of fused-ring (bicyclic) bond motifs is 1. The molecular weight excluding hydrogens is 648 g/mol. The van der Waals surface area contributed by atoms with Crippen molar-refractivity contribution in [1.29, 1.82) is 0 Å². The Bertz CT molecular complexity index is 1750. The van der Waals surface area contributed by atoms with Crippen molar-refractivity contribution in [1.82, 2.24) is 39.1 Å². The summed E-state index contributed by atoms with van der Waals surface area (Å²) in [5.41, 5.74) is 1.62. The van der Waals surface area contributed by atoms with Gasteiger partial charge < -0.3 is 24.6 Å². The minimum atomic E-state index is -3.06. The Morgan fingerprint density at radius 1 is 1.06 bits per heavy atom. The molecule has 2 aliphatic rings. The average Bonchev–Trinajstić information content (AvgIpc) is 3.68. The summed E-state index contributed by atoms with van der Waals surface area (Å²) in [5.74, 6) is -0.354. The normalized spacial score (nSPS) is 17.2. The maximum absolute atomic E-state index is 13.4. The molecule has 2 fully saturated rings. The molecule has 0 aliphatic carbocycles. The molecule has 5 heterocycles. The van der Waals surface area contributed by atoms with Gasteiger partial charge in [-0.3, -0.25) is 19.2 Å². The first kappa shape index (κ1) is 33.6. The molecular formula is C32H38ClF2N9O4. The van der Waals surface area contributed by atoms with Crippen LogP contribution < -0.4 is 10.1 Å². The fraction of sp³-hybridized carbons (Fsp3) is 0.469. The third-order valence-electron chi connectivity index (χ3n) is 9.12. The van der Waals surface area contributed by atoms with Crippen molar-refractivity contribution in [2.24, 2.45) is 5.41 Å². The van der Waals surface area contributed by atoms with Gasteiger partial charge in [0.1, 0.15) is 23.7 Å². The van der Waals surface area contributed by atoms with E-state index in [1.807, 2.05) is 11.8 Å². The molecule has 16 heteroatoms. The van der Waals surface area contributed by atoms with Crippen LogP contribution in [-0.4, -0.2) is 117 Å². The Labute approximate surface area is 281 Å². The van der Waals surface area contributed by atoms with Gasteiger partial charge >= 0.3 is 12.6 Å². The van der Waals surface area contributed by atoms with Crippen LogP contribution in [0.3, 0.4) is 0 Å². The number of methoxy groups -OCH3 is 1. The number of carbonyl (C=O) groups is 2. The van der Waals surface area contributed by atoms with Gasteiger partial charge in [0.15, 0.2) is 5.65 Å². The van der Waals surface area contributed by atoms with Gasteiger partial charge in [0.25, 0.3) is 0 Å². The van der Waals surface area contributed by atoms with E-state index < -0.39 is 12.0 Å². The zero-order valence-corrected chi connectivity index (χ0v) is 27.6. The molecule has 0 bridgehead atoms. The second kappa shape index (κ2) is 14.4. The van der Waals surface area contributed by atoms with Crippen LogP contribution in [0.25, 0.3) is 16.9 Å². The first-order valence-corrected chi connectivity index (χ1v) is 16.2. The van der Waals surface area contributed by atoms with E-state index in [1.165, 1.54) is 30.0 Å². The summed E-state index contributed by atoms with van der Waals surface area (Å²) < 4.78 is 39.5. The molecule has 0 saturated carbocycles. The maximum Gasteiger partial charge on any atom is 0.387 e. The van der Waals surface area contributed by atoms with Gasteiger partial charge in [-0.25, -0.2) is 9.50 Å². The summed E-state index contributed by atoms with van der Waals surface area (Å²) in [7, 11) is 1.44. The molecule has 1 aromatic carbocycles. The van der Waals surface area contributed by atoms with Crippen molar-refractivity contribution < 1.29 is 27.8 Å². The van der Waals surface area contributed by atoms with E-state index >= 15 is 0 Å². The lowest BCUT2D eigenvalue weighted by atomic mass is 9.80. The van der Waals surface area contributed by atoms with Gasteiger partial charge in [-0.1, -0.05) is 11.6 Å². The number of likely N-dealkylation sites (tertiary alicyclic amines) is 1. The number of piperazine rings is 1. The van der Waals surface area contributed by atoms with E-state index in [4.69, 9.17) is 21.1 Å². The summed E-state index contributed by atoms with van der Waals surface area (Å²) in [6, 6.07) is 6.06. The minimum absolute atomic E-state index is 0.0555. The Balaban J connectivity index is 1.11. The third kappa shape index (κ3) is 7.53. The monoisotopic (exact) mass is 685 g/mol. The Hall–Kier alpha value is -4.34. The number of carbonyl (C=O) groups excluding carboxylic acids is 2. The number of rotatable bonds is 11. The highest BCUT2D eigenvalue weighted by Crippen LogP contribution is 2.38. The number of aromatic nitrogens is 5. The lowest BCUT2D eigenvalue weighted by Gasteiger charge is -2.39. The molecule has 4 aromatic rings. The molecule has 0 unspecified atom stereocenters. The molecule has 1 amide bonds. The SMILES string of the molecule is COC(=O)C1(C)CCN(CCN2CCN(C(=O)Cn3cc(Nc4cnn5cccnc45)c(-c4cc(Cl)ccc4OC(F)F)n3)CC2)CC1. The second-order valence-electron chi connectivity index (χ2n) is 12.3. The van der Waals surface area contributed by atoms with Crippen molar-refractivity contribution in [2.75, 3.05) is 64.8 Å². The van der Waals surface area contributed by atoms with Crippen molar-refractivity contribution in [3.05, 3.63) is 54.1 Å². The van der Waals surface area contributed by atoms with Gasteiger partial charge in [0.05, 0.1) is 24.4 Å². The zero-order valence-electron chi connectivity index (χ0n) is 26.8. The van der Waals surface area contributed by atoms with Gasteiger partial charge in [-0.05, 0) is 57.1 Å². The molecule has 2 saturated heterocycles. The van der Waals surface area contributed by atoms with Crippen molar-refractivity contribution >= 4 is 40.5 Å². The molecule has 13 nitrogen and oxygen atoms in total. The van der Waals surface area contributed by atoms with Crippen LogP contribution in [0.4, 0.5) is 20.2 Å². The number of halogens is 3. The fourth-order valence-electron chi connectivity index (χ4n) is 6.20. The van der Waals surface area contributed by atoms with E-state index in [2.05, 4.69) is 30.3 Å². The number of esters is 1. The van der Waals surface area contributed by atoms with Gasteiger partial charge in [-0.15, -0.1) is 0 Å². The average molecular weight is 686 g/mol. The summed E-state index contributed by atoms with van der Waals surface area (Å²) in [6.07, 6.45) is 8.17. The lowest BCUT2D eigenvalue weighted by molar-refractivity contribution is -0.154. The first-order chi connectivity index (χ1) is 23.1. The van der Waals surface area contributed by atoms with Crippen LogP contribution in [0.2, 0.25) is 5.02 Å². The predicted molar refractivity (Wildman–Crippen MR) is 174 cm³/mol. The van der Waals surface area contributed by atoms with Gasteiger partial charge in [0.2, 0.25) is 5.91 Å². The molecule has 48 heavy (non-hydrogen) atoms. The second-order valence-corrected chi connectivity index (χ2v) is 12.7. The summed E-state index contributed by atoms with van der Waals surface area (Å²) >= 11 is 6.27. The van der Waals surface area contributed by atoms with E-state index in [0.717, 1.165) is 52.1 Å². The van der Waals surface area contributed by atoms with Crippen LogP contribution in [0.1, 0.15) is 19.8 Å². The quantitative estimate of drug-likeness (QED) is 0.232. The summed E-state index contributed by atoms with van der Waals surface area (Å²) in [4.78, 5) is 36.5. The number of piperidine rings is 1. The van der Waals surface area contributed by atoms with Gasteiger partial charge in [0, 0.05) is 68.4 Å². The molecule has 0 radical (unpaired) electrons. The number of ether oxygens (including phenoxy) is 2.